The van der Waals surface area contributed by atoms with Gasteiger partial charge < -0.3 is 29.4 Å². The first kappa shape index (κ1) is 26.3. The molecule has 2 N–H and O–H groups in total. The molecule has 1 amide bonds. The Hall–Kier alpha value is -4.72. The Balaban J connectivity index is 1.49. The highest BCUT2D eigenvalue weighted by Gasteiger charge is 2.27. The number of benzene rings is 3. The van der Waals surface area contributed by atoms with Gasteiger partial charge in [-0.15, -0.1) is 0 Å². The minimum Gasteiger partial charge on any atom is -0.508 e. The smallest absolute Gasteiger partial charge is 0.262 e. The Morgan fingerprint density at radius 3 is 2.39 bits per heavy atom. The molecule has 0 unspecified atom stereocenters. The summed E-state index contributed by atoms with van der Waals surface area (Å²) in [6.45, 7) is 3.57. The predicted molar refractivity (Wildman–Crippen MR) is 145 cm³/mol. The van der Waals surface area contributed by atoms with Crippen molar-refractivity contribution >= 4 is 29.5 Å². The van der Waals surface area contributed by atoms with E-state index in [1.54, 1.807) is 55.7 Å². The van der Waals surface area contributed by atoms with Gasteiger partial charge in [0.1, 0.15) is 22.8 Å². The van der Waals surface area contributed by atoms with E-state index in [0.29, 0.717) is 39.8 Å². The molecule has 196 valence electrons. The van der Waals surface area contributed by atoms with Gasteiger partial charge >= 0.3 is 0 Å². The molecule has 0 atom stereocenters. The van der Waals surface area contributed by atoms with Gasteiger partial charge in [0, 0.05) is 5.69 Å². The molecule has 0 spiro atoms. The van der Waals surface area contributed by atoms with Gasteiger partial charge in [0.05, 0.1) is 25.3 Å². The third-order valence-corrected chi connectivity index (χ3v) is 5.78. The number of phenolic OH excluding ortho intramolecular Hbond substituents is 1. The summed E-state index contributed by atoms with van der Waals surface area (Å²) in [4.78, 5) is 25.5. The molecule has 38 heavy (non-hydrogen) atoms. The number of ether oxygens (including phenoxy) is 4. The van der Waals surface area contributed by atoms with Gasteiger partial charge in [-0.1, -0.05) is 12.1 Å². The predicted octanol–water partition coefficient (Wildman–Crippen LogP) is 5.51. The molecule has 1 aliphatic rings. The van der Waals surface area contributed by atoms with Gasteiger partial charge in [-0.2, -0.15) is 0 Å². The van der Waals surface area contributed by atoms with Gasteiger partial charge in [0.2, 0.25) is 0 Å². The zero-order chi connectivity index (χ0) is 27.3. The molecule has 0 radical (unpaired) electrons. The number of methoxy groups -OCH3 is 2. The van der Waals surface area contributed by atoms with Crippen LogP contribution in [0.4, 0.5) is 5.69 Å². The van der Waals surface area contributed by atoms with E-state index in [2.05, 4.69) is 5.32 Å². The van der Waals surface area contributed by atoms with Gasteiger partial charge in [-0.3, -0.25) is 9.59 Å². The summed E-state index contributed by atoms with van der Waals surface area (Å²) in [5.41, 5.74) is 1.79. The summed E-state index contributed by atoms with van der Waals surface area (Å²) in [7, 11) is 3.07. The average Bonchev–Trinajstić information content (AvgIpc) is 2.90. The fourth-order valence-corrected chi connectivity index (χ4v) is 3.86. The molecule has 0 saturated carbocycles. The summed E-state index contributed by atoms with van der Waals surface area (Å²) >= 11 is 0. The van der Waals surface area contributed by atoms with Gasteiger partial charge in [-0.05, 0) is 86.2 Å². The Bertz CT molecular complexity index is 1400. The highest BCUT2D eigenvalue weighted by Crippen LogP contribution is 2.40. The van der Waals surface area contributed by atoms with Crippen molar-refractivity contribution in [1.82, 2.24) is 0 Å². The molecule has 0 bridgehead atoms. The lowest BCUT2D eigenvalue weighted by Crippen LogP contribution is -2.28. The maximum Gasteiger partial charge on any atom is 0.262 e. The van der Waals surface area contributed by atoms with Crippen LogP contribution < -0.4 is 24.3 Å². The van der Waals surface area contributed by atoms with Crippen LogP contribution in [0.5, 0.6) is 28.7 Å². The molecule has 8 heteroatoms. The van der Waals surface area contributed by atoms with E-state index in [1.807, 2.05) is 26.0 Å². The van der Waals surface area contributed by atoms with E-state index in [4.69, 9.17) is 18.9 Å². The fourth-order valence-electron chi connectivity index (χ4n) is 3.86. The molecule has 3 aromatic carbocycles. The second-order valence-corrected chi connectivity index (χ2v) is 9.09. The number of hydrogen-bond acceptors (Lipinski definition) is 7. The summed E-state index contributed by atoms with van der Waals surface area (Å²) in [5, 5.41) is 12.1. The number of aromatic hydroxyl groups is 1. The van der Waals surface area contributed by atoms with Crippen LogP contribution in [0.2, 0.25) is 0 Å². The van der Waals surface area contributed by atoms with E-state index in [9.17, 15) is 14.7 Å². The number of phenols is 1. The van der Waals surface area contributed by atoms with Crippen molar-refractivity contribution in [1.29, 1.82) is 0 Å². The summed E-state index contributed by atoms with van der Waals surface area (Å²) in [6, 6.07) is 14.7. The molecule has 0 saturated heterocycles. The first-order valence-electron chi connectivity index (χ1n) is 11.9. The second kappa shape index (κ2) is 11.1. The number of fused-ring (bicyclic) bond motifs is 1. The summed E-state index contributed by atoms with van der Waals surface area (Å²) < 4.78 is 22.6. The van der Waals surface area contributed by atoms with Crippen molar-refractivity contribution in [3.63, 3.8) is 0 Å². The maximum atomic E-state index is 13.2. The Morgan fingerprint density at radius 1 is 0.974 bits per heavy atom. The van der Waals surface area contributed by atoms with Crippen LogP contribution in [-0.4, -0.2) is 43.2 Å². The van der Waals surface area contributed by atoms with E-state index < -0.39 is 5.60 Å². The van der Waals surface area contributed by atoms with Crippen LogP contribution in [0, 0.1) is 0 Å². The standard InChI is InChI=1S/C30H29NO7/c1-30(2)16-15-23-25(35-3)14-11-22(29(23)38-30)24(33)12-5-19-6-13-26(36-4)27(17-19)37-18-28(34)31-20-7-9-21(32)10-8-20/h5-17,32H,18H2,1-4H3,(H,31,34)/b12-5+. The lowest BCUT2D eigenvalue weighted by molar-refractivity contribution is -0.118. The first-order chi connectivity index (χ1) is 18.2. The van der Waals surface area contributed by atoms with Crippen molar-refractivity contribution in [3.05, 3.63) is 83.4 Å². The van der Waals surface area contributed by atoms with Crippen LogP contribution in [-0.2, 0) is 4.79 Å². The lowest BCUT2D eigenvalue weighted by atomic mass is 9.97. The number of anilines is 1. The SMILES string of the molecule is COc1ccc(/C=C/C(=O)c2ccc(OC)c3c2OC(C)(C)C=C3)cc1OCC(=O)Nc1ccc(O)cc1. The number of amides is 1. The number of carbonyl (C=O) groups excluding carboxylic acids is 2. The van der Waals surface area contributed by atoms with E-state index >= 15 is 0 Å². The second-order valence-electron chi connectivity index (χ2n) is 9.09. The van der Waals surface area contributed by atoms with E-state index in [0.717, 1.165) is 5.56 Å². The van der Waals surface area contributed by atoms with Gasteiger partial charge in [0.15, 0.2) is 23.9 Å². The zero-order valence-corrected chi connectivity index (χ0v) is 21.6. The number of hydrogen-bond donors (Lipinski definition) is 2. The molecule has 8 nitrogen and oxygen atoms in total. The van der Waals surface area contributed by atoms with Gasteiger partial charge in [-0.25, -0.2) is 0 Å². The number of ketones is 1. The fraction of sp³-hybridized carbons (Fsp3) is 0.200. The van der Waals surface area contributed by atoms with Crippen LogP contribution in [0.15, 0.2) is 66.7 Å². The molecule has 1 heterocycles. The van der Waals surface area contributed by atoms with Crippen molar-refractivity contribution in [2.45, 2.75) is 19.4 Å². The number of allylic oxidation sites excluding steroid dienone is 1. The highest BCUT2D eigenvalue weighted by atomic mass is 16.5. The molecule has 4 rings (SSSR count). The number of nitrogens with one attached hydrogen (secondary N) is 1. The minimum atomic E-state index is -0.561. The molecule has 3 aromatic rings. The quantitative estimate of drug-likeness (QED) is 0.220. The minimum absolute atomic E-state index is 0.104. The zero-order valence-electron chi connectivity index (χ0n) is 21.6. The van der Waals surface area contributed by atoms with Crippen molar-refractivity contribution < 1.29 is 33.6 Å². The van der Waals surface area contributed by atoms with Crippen LogP contribution in [0.3, 0.4) is 0 Å². The largest absolute Gasteiger partial charge is 0.508 e. The number of rotatable bonds is 9. The van der Waals surface area contributed by atoms with E-state index in [-0.39, 0.29) is 24.0 Å². The van der Waals surface area contributed by atoms with Gasteiger partial charge in [0.25, 0.3) is 5.91 Å². The molecule has 0 aromatic heterocycles. The third-order valence-electron chi connectivity index (χ3n) is 5.78. The van der Waals surface area contributed by atoms with Crippen LogP contribution >= 0.6 is 0 Å². The average molecular weight is 516 g/mol. The van der Waals surface area contributed by atoms with Crippen LogP contribution in [0.25, 0.3) is 12.2 Å². The summed E-state index contributed by atoms with van der Waals surface area (Å²) in [5.74, 6) is 1.38. The maximum absolute atomic E-state index is 13.2. The molecule has 1 aliphatic heterocycles. The normalized spacial score (nSPS) is 13.4. The molecular formula is C30H29NO7. The molecule has 0 fully saturated rings. The van der Waals surface area contributed by atoms with Crippen molar-refractivity contribution in [3.8, 4) is 28.7 Å². The highest BCUT2D eigenvalue weighted by molar-refractivity contribution is 6.09. The molecular weight excluding hydrogens is 486 g/mol. The van der Waals surface area contributed by atoms with Crippen LogP contribution in [0.1, 0.15) is 35.3 Å². The number of carbonyl (C=O) groups is 2. The molecule has 0 aliphatic carbocycles. The summed E-state index contributed by atoms with van der Waals surface area (Å²) in [6.07, 6.45) is 6.94. The Labute approximate surface area is 221 Å². The Kier molecular flexibility index (Phi) is 7.71. The van der Waals surface area contributed by atoms with Crippen molar-refractivity contribution in [2.75, 3.05) is 26.1 Å². The van der Waals surface area contributed by atoms with Crippen molar-refractivity contribution in [2.24, 2.45) is 0 Å². The third kappa shape index (κ3) is 6.15. The lowest BCUT2D eigenvalue weighted by Gasteiger charge is -2.29. The topological polar surface area (TPSA) is 103 Å². The first-order valence-corrected chi connectivity index (χ1v) is 11.9. The monoisotopic (exact) mass is 515 g/mol. The van der Waals surface area contributed by atoms with E-state index in [1.165, 1.54) is 25.3 Å². The Morgan fingerprint density at radius 2 is 1.68 bits per heavy atom.